The molecule has 1 aromatic heterocycles. The van der Waals surface area contributed by atoms with Gasteiger partial charge in [0.05, 0.1) is 5.69 Å². The first kappa shape index (κ1) is 12.1. The van der Waals surface area contributed by atoms with Crippen molar-refractivity contribution in [2.45, 2.75) is 52.5 Å². The van der Waals surface area contributed by atoms with Gasteiger partial charge in [0.25, 0.3) is 0 Å². The monoisotopic (exact) mass is 236 g/mol. The second-order valence-electron chi connectivity index (χ2n) is 5.21. The first-order valence-corrected chi connectivity index (χ1v) is 6.35. The van der Waals surface area contributed by atoms with E-state index in [1.807, 2.05) is 4.57 Å². The average molecular weight is 236 g/mol. The van der Waals surface area contributed by atoms with Gasteiger partial charge >= 0.3 is 5.97 Å². The maximum Gasteiger partial charge on any atom is 0.354 e. The SMILES string of the molecule is CC(C)[C@@H](C)c1nc2n(c1C(=O)O)CCCC2. The van der Waals surface area contributed by atoms with Gasteiger partial charge in [-0.1, -0.05) is 20.8 Å². The van der Waals surface area contributed by atoms with E-state index in [2.05, 4.69) is 25.8 Å². The Kier molecular flexibility index (Phi) is 3.22. The molecule has 4 heteroatoms. The summed E-state index contributed by atoms with van der Waals surface area (Å²) in [7, 11) is 0. The number of hydrogen-bond donors (Lipinski definition) is 1. The molecule has 0 fully saturated rings. The molecule has 0 unspecified atom stereocenters. The van der Waals surface area contributed by atoms with Crippen molar-refractivity contribution in [3.63, 3.8) is 0 Å². The number of hydrogen-bond acceptors (Lipinski definition) is 2. The largest absolute Gasteiger partial charge is 0.477 e. The van der Waals surface area contributed by atoms with E-state index in [-0.39, 0.29) is 5.92 Å². The zero-order valence-electron chi connectivity index (χ0n) is 10.7. The van der Waals surface area contributed by atoms with Crippen LogP contribution < -0.4 is 0 Å². The van der Waals surface area contributed by atoms with Crippen LogP contribution in [0.25, 0.3) is 0 Å². The molecule has 2 heterocycles. The summed E-state index contributed by atoms with van der Waals surface area (Å²) >= 11 is 0. The Morgan fingerprint density at radius 1 is 1.35 bits per heavy atom. The zero-order valence-corrected chi connectivity index (χ0v) is 10.7. The van der Waals surface area contributed by atoms with E-state index in [4.69, 9.17) is 0 Å². The predicted octanol–water partition coefficient (Wildman–Crippen LogP) is 2.68. The number of nitrogens with zero attached hydrogens (tertiary/aromatic N) is 2. The van der Waals surface area contributed by atoms with Crippen LogP contribution in [0.4, 0.5) is 0 Å². The summed E-state index contributed by atoms with van der Waals surface area (Å²) in [5.74, 6) is 0.716. The van der Waals surface area contributed by atoms with Crippen LogP contribution in [-0.2, 0) is 13.0 Å². The molecule has 2 rings (SSSR count). The lowest BCUT2D eigenvalue weighted by Crippen LogP contribution is -2.17. The number of fused-ring (bicyclic) bond motifs is 1. The van der Waals surface area contributed by atoms with Crippen LogP contribution in [0.15, 0.2) is 0 Å². The van der Waals surface area contributed by atoms with E-state index in [1.165, 1.54) is 0 Å². The Morgan fingerprint density at radius 3 is 2.65 bits per heavy atom. The van der Waals surface area contributed by atoms with E-state index in [0.29, 0.717) is 11.6 Å². The van der Waals surface area contributed by atoms with Gasteiger partial charge in [-0.3, -0.25) is 0 Å². The molecule has 1 aliphatic rings. The fourth-order valence-corrected chi connectivity index (χ4v) is 2.36. The van der Waals surface area contributed by atoms with Crippen LogP contribution in [0.5, 0.6) is 0 Å². The highest BCUT2D eigenvalue weighted by atomic mass is 16.4. The predicted molar refractivity (Wildman–Crippen MR) is 65.4 cm³/mol. The minimum Gasteiger partial charge on any atom is -0.477 e. The molecule has 0 bridgehead atoms. The van der Waals surface area contributed by atoms with Crippen LogP contribution >= 0.6 is 0 Å². The Morgan fingerprint density at radius 2 is 2.06 bits per heavy atom. The summed E-state index contributed by atoms with van der Waals surface area (Å²) in [5, 5.41) is 9.38. The number of carboxylic acid groups (broad SMARTS) is 1. The normalized spacial score (nSPS) is 16.9. The maximum atomic E-state index is 11.4. The van der Waals surface area contributed by atoms with Gasteiger partial charge < -0.3 is 9.67 Å². The topological polar surface area (TPSA) is 55.1 Å². The van der Waals surface area contributed by atoms with Gasteiger partial charge in [-0.2, -0.15) is 0 Å². The minimum absolute atomic E-state index is 0.194. The molecule has 17 heavy (non-hydrogen) atoms. The molecule has 1 aromatic rings. The molecule has 0 radical (unpaired) electrons. The summed E-state index contributed by atoms with van der Waals surface area (Å²) in [6.45, 7) is 7.07. The van der Waals surface area contributed by atoms with Crippen LogP contribution in [0.2, 0.25) is 0 Å². The summed E-state index contributed by atoms with van der Waals surface area (Å²) in [6.07, 6.45) is 3.08. The second-order valence-corrected chi connectivity index (χ2v) is 5.21. The molecule has 0 saturated carbocycles. The van der Waals surface area contributed by atoms with Gasteiger partial charge in [0.15, 0.2) is 5.69 Å². The Bertz CT molecular complexity index is 435. The minimum atomic E-state index is -0.840. The Balaban J connectivity index is 2.51. The van der Waals surface area contributed by atoms with Crippen molar-refractivity contribution in [3.8, 4) is 0 Å². The lowest BCUT2D eigenvalue weighted by molar-refractivity contribution is 0.0681. The fourth-order valence-electron chi connectivity index (χ4n) is 2.36. The number of carbonyl (C=O) groups is 1. The quantitative estimate of drug-likeness (QED) is 0.877. The standard InChI is InChI=1S/C13H20N2O2/c1-8(2)9(3)11-12(13(16)17)15-7-5-4-6-10(15)14-11/h8-9H,4-7H2,1-3H3,(H,16,17)/t9-/m1/s1. The van der Waals surface area contributed by atoms with Crippen molar-refractivity contribution < 1.29 is 9.90 Å². The number of aromatic carboxylic acids is 1. The second kappa shape index (κ2) is 4.51. The molecular weight excluding hydrogens is 216 g/mol. The molecule has 0 saturated heterocycles. The molecule has 0 aliphatic carbocycles. The third-order valence-electron chi connectivity index (χ3n) is 3.74. The van der Waals surface area contributed by atoms with Crippen LogP contribution in [0, 0.1) is 5.92 Å². The van der Waals surface area contributed by atoms with Crippen molar-refractivity contribution in [3.05, 3.63) is 17.2 Å². The van der Waals surface area contributed by atoms with E-state index in [0.717, 1.165) is 37.3 Å². The Hall–Kier alpha value is -1.32. The van der Waals surface area contributed by atoms with Gasteiger partial charge in [-0.25, -0.2) is 9.78 Å². The third kappa shape index (κ3) is 2.08. The van der Waals surface area contributed by atoms with E-state index < -0.39 is 5.97 Å². The number of rotatable bonds is 3. The average Bonchev–Trinajstić information content (AvgIpc) is 2.66. The maximum absolute atomic E-state index is 11.4. The lowest BCUT2D eigenvalue weighted by atomic mass is 9.93. The smallest absolute Gasteiger partial charge is 0.354 e. The fraction of sp³-hybridized carbons (Fsp3) is 0.692. The van der Waals surface area contributed by atoms with Gasteiger partial charge in [-0.05, 0) is 18.8 Å². The van der Waals surface area contributed by atoms with Crippen molar-refractivity contribution in [2.24, 2.45) is 5.92 Å². The number of aromatic nitrogens is 2. The number of imidazole rings is 1. The summed E-state index contributed by atoms with van der Waals surface area (Å²) < 4.78 is 1.90. The molecule has 4 nitrogen and oxygen atoms in total. The zero-order chi connectivity index (χ0) is 12.6. The highest BCUT2D eigenvalue weighted by molar-refractivity contribution is 5.87. The van der Waals surface area contributed by atoms with E-state index in [9.17, 15) is 9.90 Å². The third-order valence-corrected chi connectivity index (χ3v) is 3.74. The summed E-state index contributed by atoms with van der Waals surface area (Å²) in [6, 6.07) is 0. The molecule has 0 aromatic carbocycles. The number of carboxylic acids is 1. The molecule has 1 aliphatic heterocycles. The molecule has 1 N–H and O–H groups in total. The molecule has 1 atom stereocenters. The molecule has 94 valence electrons. The van der Waals surface area contributed by atoms with Crippen molar-refractivity contribution in [1.82, 2.24) is 9.55 Å². The Labute approximate surface area is 102 Å². The summed E-state index contributed by atoms with van der Waals surface area (Å²) in [4.78, 5) is 16.0. The van der Waals surface area contributed by atoms with Gasteiger partial charge in [0.2, 0.25) is 0 Å². The van der Waals surface area contributed by atoms with Crippen LogP contribution in [0.1, 0.15) is 61.5 Å². The number of aryl methyl sites for hydroxylation is 1. The lowest BCUT2D eigenvalue weighted by Gasteiger charge is -2.16. The summed E-state index contributed by atoms with van der Waals surface area (Å²) in [5.41, 5.74) is 1.19. The van der Waals surface area contributed by atoms with Gasteiger partial charge in [0, 0.05) is 18.9 Å². The van der Waals surface area contributed by atoms with Crippen LogP contribution in [0.3, 0.4) is 0 Å². The van der Waals surface area contributed by atoms with Crippen molar-refractivity contribution >= 4 is 5.97 Å². The first-order chi connectivity index (χ1) is 8.02. The van der Waals surface area contributed by atoms with Gasteiger partial charge in [-0.15, -0.1) is 0 Å². The van der Waals surface area contributed by atoms with Gasteiger partial charge in [0.1, 0.15) is 5.82 Å². The highest BCUT2D eigenvalue weighted by Gasteiger charge is 2.28. The van der Waals surface area contributed by atoms with E-state index >= 15 is 0 Å². The van der Waals surface area contributed by atoms with Crippen molar-refractivity contribution in [1.29, 1.82) is 0 Å². The highest BCUT2D eigenvalue weighted by Crippen LogP contribution is 2.29. The molecule has 0 amide bonds. The molecular formula is C13H20N2O2. The first-order valence-electron chi connectivity index (χ1n) is 6.35. The molecule has 0 spiro atoms. The van der Waals surface area contributed by atoms with Crippen LogP contribution in [-0.4, -0.2) is 20.6 Å². The van der Waals surface area contributed by atoms with E-state index in [1.54, 1.807) is 0 Å². The van der Waals surface area contributed by atoms with Crippen molar-refractivity contribution in [2.75, 3.05) is 0 Å².